The van der Waals surface area contributed by atoms with E-state index in [0.717, 1.165) is 24.5 Å². The summed E-state index contributed by atoms with van der Waals surface area (Å²) in [6, 6.07) is 3.73. The molecule has 1 heterocycles. The van der Waals surface area contributed by atoms with Crippen molar-refractivity contribution < 1.29 is 4.74 Å². The van der Waals surface area contributed by atoms with Crippen molar-refractivity contribution in [2.24, 2.45) is 0 Å². The minimum Gasteiger partial charge on any atom is -0.493 e. The first kappa shape index (κ1) is 8.78. The zero-order valence-corrected chi connectivity index (χ0v) is 7.29. The largest absolute Gasteiger partial charge is 0.493 e. The highest BCUT2D eigenvalue weighted by Crippen LogP contribution is 2.11. The van der Waals surface area contributed by atoms with Gasteiger partial charge in [0.2, 0.25) is 0 Å². The first-order valence-corrected chi connectivity index (χ1v) is 4.08. The second-order valence-electron chi connectivity index (χ2n) is 2.47. The monoisotopic (exact) mass is 163 g/mol. The van der Waals surface area contributed by atoms with Crippen LogP contribution in [0, 0.1) is 0 Å². The van der Waals surface area contributed by atoms with Gasteiger partial charge in [-0.05, 0) is 18.6 Å². The molecule has 1 aromatic rings. The maximum atomic E-state index is 5.41. The van der Waals surface area contributed by atoms with Crippen LogP contribution in [0.1, 0.15) is 19.0 Å². The standard InChI is InChI=1S/C10H13NO/c1-3-7-12-10-5-6-11-9(4-2)8-10/h4-6,8H,2-3,7H2,1H3. The summed E-state index contributed by atoms with van der Waals surface area (Å²) < 4.78 is 5.41. The zero-order valence-electron chi connectivity index (χ0n) is 7.29. The molecule has 1 rings (SSSR count). The van der Waals surface area contributed by atoms with Crippen LogP contribution in [0.4, 0.5) is 0 Å². The fourth-order valence-electron chi connectivity index (χ4n) is 0.849. The number of hydrogen-bond donors (Lipinski definition) is 0. The van der Waals surface area contributed by atoms with Gasteiger partial charge in [-0.25, -0.2) is 0 Å². The average Bonchev–Trinajstić information content (AvgIpc) is 2.15. The quantitative estimate of drug-likeness (QED) is 0.680. The third kappa shape index (κ3) is 2.38. The molecule has 12 heavy (non-hydrogen) atoms. The van der Waals surface area contributed by atoms with Gasteiger partial charge in [0.1, 0.15) is 5.75 Å². The van der Waals surface area contributed by atoms with Gasteiger partial charge in [0, 0.05) is 12.3 Å². The highest BCUT2D eigenvalue weighted by molar-refractivity contribution is 5.44. The third-order valence-corrected chi connectivity index (χ3v) is 1.43. The molecule has 0 saturated heterocycles. The van der Waals surface area contributed by atoms with E-state index in [-0.39, 0.29) is 0 Å². The normalized spacial score (nSPS) is 9.42. The molecular formula is C10H13NO. The summed E-state index contributed by atoms with van der Waals surface area (Å²) >= 11 is 0. The lowest BCUT2D eigenvalue weighted by Gasteiger charge is -2.03. The van der Waals surface area contributed by atoms with E-state index in [9.17, 15) is 0 Å². The van der Waals surface area contributed by atoms with Crippen LogP contribution < -0.4 is 4.74 Å². The maximum absolute atomic E-state index is 5.41. The third-order valence-electron chi connectivity index (χ3n) is 1.43. The minimum absolute atomic E-state index is 0.751. The van der Waals surface area contributed by atoms with Crippen molar-refractivity contribution in [2.75, 3.05) is 6.61 Å². The Kier molecular flexibility index (Phi) is 3.33. The first-order valence-electron chi connectivity index (χ1n) is 4.08. The Labute approximate surface area is 72.9 Å². The number of rotatable bonds is 4. The molecule has 0 aliphatic heterocycles. The van der Waals surface area contributed by atoms with Gasteiger partial charge in [-0.1, -0.05) is 13.5 Å². The summed E-state index contributed by atoms with van der Waals surface area (Å²) in [5, 5.41) is 0. The van der Waals surface area contributed by atoms with Gasteiger partial charge in [0.25, 0.3) is 0 Å². The molecule has 0 radical (unpaired) electrons. The number of ether oxygens (including phenoxy) is 1. The van der Waals surface area contributed by atoms with Crippen LogP contribution in [-0.4, -0.2) is 11.6 Å². The predicted molar refractivity (Wildman–Crippen MR) is 50.1 cm³/mol. The minimum atomic E-state index is 0.751. The van der Waals surface area contributed by atoms with Gasteiger partial charge < -0.3 is 4.74 Å². The smallest absolute Gasteiger partial charge is 0.122 e. The summed E-state index contributed by atoms with van der Waals surface area (Å²) in [6.45, 7) is 6.46. The van der Waals surface area contributed by atoms with Gasteiger partial charge in [0.05, 0.1) is 12.3 Å². The molecule has 2 heteroatoms. The average molecular weight is 163 g/mol. The van der Waals surface area contributed by atoms with E-state index in [1.165, 1.54) is 0 Å². The van der Waals surface area contributed by atoms with E-state index < -0.39 is 0 Å². The van der Waals surface area contributed by atoms with Crippen molar-refractivity contribution in [3.05, 3.63) is 30.6 Å². The molecule has 0 aliphatic rings. The molecule has 0 amide bonds. The van der Waals surface area contributed by atoms with Crippen LogP contribution in [0.25, 0.3) is 6.08 Å². The van der Waals surface area contributed by atoms with E-state index in [2.05, 4.69) is 18.5 Å². The lowest BCUT2D eigenvalue weighted by molar-refractivity contribution is 0.317. The Hall–Kier alpha value is -1.31. The molecule has 0 bridgehead atoms. The fraction of sp³-hybridized carbons (Fsp3) is 0.300. The van der Waals surface area contributed by atoms with E-state index in [1.807, 2.05) is 12.1 Å². The Morgan fingerprint density at radius 3 is 3.17 bits per heavy atom. The Morgan fingerprint density at radius 1 is 1.67 bits per heavy atom. The van der Waals surface area contributed by atoms with Crippen LogP contribution in [-0.2, 0) is 0 Å². The van der Waals surface area contributed by atoms with Crippen molar-refractivity contribution >= 4 is 6.08 Å². The van der Waals surface area contributed by atoms with Gasteiger partial charge in [-0.3, -0.25) is 4.98 Å². The van der Waals surface area contributed by atoms with Gasteiger partial charge in [0.15, 0.2) is 0 Å². The van der Waals surface area contributed by atoms with Crippen LogP contribution in [0.5, 0.6) is 5.75 Å². The van der Waals surface area contributed by atoms with Gasteiger partial charge >= 0.3 is 0 Å². The molecule has 1 aromatic heterocycles. The summed E-state index contributed by atoms with van der Waals surface area (Å²) in [5.41, 5.74) is 0.851. The topological polar surface area (TPSA) is 22.1 Å². The summed E-state index contributed by atoms with van der Waals surface area (Å²) in [7, 11) is 0. The van der Waals surface area contributed by atoms with E-state index in [1.54, 1.807) is 12.3 Å². The lowest BCUT2D eigenvalue weighted by Crippen LogP contribution is -1.95. The molecule has 2 nitrogen and oxygen atoms in total. The highest BCUT2D eigenvalue weighted by atomic mass is 16.5. The Morgan fingerprint density at radius 2 is 2.50 bits per heavy atom. The van der Waals surface area contributed by atoms with Crippen molar-refractivity contribution in [3.63, 3.8) is 0 Å². The van der Waals surface area contributed by atoms with Gasteiger partial charge in [-0.15, -0.1) is 0 Å². The van der Waals surface area contributed by atoms with Crippen molar-refractivity contribution in [1.82, 2.24) is 4.98 Å². The zero-order chi connectivity index (χ0) is 8.81. The number of nitrogens with zero attached hydrogens (tertiary/aromatic N) is 1. The molecule has 0 atom stereocenters. The molecule has 0 aromatic carbocycles. The second-order valence-corrected chi connectivity index (χ2v) is 2.47. The van der Waals surface area contributed by atoms with E-state index in [4.69, 9.17) is 4.74 Å². The number of aromatic nitrogens is 1. The predicted octanol–water partition coefficient (Wildman–Crippen LogP) is 2.51. The summed E-state index contributed by atoms with van der Waals surface area (Å²) in [4.78, 5) is 4.07. The van der Waals surface area contributed by atoms with Crippen LogP contribution >= 0.6 is 0 Å². The molecular weight excluding hydrogens is 150 g/mol. The summed E-state index contributed by atoms with van der Waals surface area (Å²) in [5.74, 6) is 0.863. The van der Waals surface area contributed by atoms with Crippen LogP contribution in [0.2, 0.25) is 0 Å². The molecule has 0 unspecified atom stereocenters. The van der Waals surface area contributed by atoms with E-state index in [0.29, 0.717) is 0 Å². The number of pyridine rings is 1. The molecule has 0 saturated carbocycles. The molecule has 0 N–H and O–H groups in total. The van der Waals surface area contributed by atoms with Crippen LogP contribution in [0.3, 0.4) is 0 Å². The summed E-state index contributed by atoms with van der Waals surface area (Å²) in [6.07, 6.45) is 4.45. The van der Waals surface area contributed by atoms with Crippen molar-refractivity contribution in [3.8, 4) is 5.75 Å². The lowest BCUT2D eigenvalue weighted by atomic mass is 10.3. The Balaban J connectivity index is 2.66. The first-order chi connectivity index (χ1) is 5.86. The highest BCUT2D eigenvalue weighted by Gasteiger charge is 1.93. The molecule has 0 aliphatic carbocycles. The SMILES string of the molecule is C=Cc1cc(OCCC)ccn1. The van der Waals surface area contributed by atoms with Crippen LogP contribution in [0.15, 0.2) is 24.9 Å². The fourth-order valence-corrected chi connectivity index (χ4v) is 0.849. The molecule has 0 fully saturated rings. The van der Waals surface area contributed by atoms with Crippen molar-refractivity contribution in [1.29, 1.82) is 0 Å². The molecule has 0 spiro atoms. The van der Waals surface area contributed by atoms with E-state index >= 15 is 0 Å². The Bertz CT molecular complexity index is 258. The second kappa shape index (κ2) is 4.54. The van der Waals surface area contributed by atoms with Gasteiger partial charge in [-0.2, -0.15) is 0 Å². The maximum Gasteiger partial charge on any atom is 0.122 e. The molecule has 64 valence electrons. The number of hydrogen-bond acceptors (Lipinski definition) is 2. The van der Waals surface area contributed by atoms with Crippen molar-refractivity contribution in [2.45, 2.75) is 13.3 Å².